The molecule has 6 nitrogen and oxygen atoms in total. The number of aromatic nitrogens is 2. The van der Waals surface area contributed by atoms with Crippen molar-refractivity contribution in [2.24, 2.45) is 5.92 Å². The summed E-state index contributed by atoms with van der Waals surface area (Å²) in [4.78, 5) is 34.2. The van der Waals surface area contributed by atoms with Gasteiger partial charge < -0.3 is 10.3 Å². The van der Waals surface area contributed by atoms with Crippen LogP contribution in [-0.4, -0.2) is 33.9 Å². The van der Waals surface area contributed by atoms with Crippen molar-refractivity contribution >= 4 is 16.8 Å². The van der Waals surface area contributed by atoms with Crippen molar-refractivity contribution in [3.05, 3.63) is 76.1 Å². The van der Waals surface area contributed by atoms with E-state index in [1.54, 1.807) is 18.2 Å². The minimum atomic E-state index is -0.283. The van der Waals surface area contributed by atoms with E-state index in [0.717, 1.165) is 31.5 Å². The maximum absolute atomic E-state index is 13.0. The molecule has 4 rings (SSSR count). The third-order valence-corrected chi connectivity index (χ3v) is 5.37. The van der Waals surface area contributed by atoms with Crippen LogP contribution in [0.4, 0.5) is 4.39 Å². The Labute approximate surface area is 167 Å². The van der Waals surface area contributed by atoms with Crippen LogP contribution in [-0.2, 0) is 17.9 Å². The standard InChI is InChI=1S/C22H23FN4O2/c23-17-7-5-15(6-8-17)13-24-21(28)16-9-11-27(12-10-16)14-20-25-19-4-2-1-3-18(19)22(29)26-20/h1-8,16H,9-14H2,(H,24,28)(H,25,26,29). The molecule has 2 heterocycles. The van der Waals surface area contributed by atoms with Crippen LogP contribution in [0.2, 0.25) is 0 Å². The number of hydrogen-bond acceptors (Lipinski definition) is 4. The summed E-state index contributed by atoms with van der Waals surface area (Å²) in [6, 6.07) is 13.4. The molecule has 0 bridgehead atoms. The van der Waals surface area contributed by atoms with Gasteiger partial charge in [-0.05, 0) is 55.8 Å². The van der Waals surface area contributed by atoms with Gasteiger partial charge in [-0.1, -0.05) is 24.3 Å². The molecular weight excluding hydrogens is 371 g/mol. The number of carbonyl (C=O) groups is 1. The first-order valence-electron chi connectivity index (χ1n) is 9.81. The number of aromatic amines is 1. The van der Waals surface area contributed by atoms with Crippen molar-refractivity contribution in [3.8, 4) is 0 Å². The normalized spacial score (nSPS) is 15.5. The maximum atomic E-state index is 13.0. The van der Waals surface area contributed by atoms with Gasteiger partial charge >= 0.3 is 0 Å². The van der Waals surface area contributed by atoms with E-state index >= 15 is 0 Å². The van der Waals surface area contributed by atoms with E-state index < -0.39 is 0 Å². The van der Waals surface area contributed by atoms with Gasteiger partial charge in [0.05, 0.1) is 17.4 Å². The molecule has 0 saturated carbocycles. The number of carbonyl (C=O) groups excluding carboxylic acids is 1. The Morgan fingerprint density at radius 3 is 2.62 bits per heavy atom. The van der Waals surface area contributed by atoms with Crippen LogP contribution in [0, 0.1) is 11.7 Å². The number of hydrogen-bond donors (Lipinski definition) is 2. The first-order valence-corrected chi connectivity index (χ1v) is 9.81. The van der Waals surface area contributed by atoms with Crippen molar-refractivity contribution in [2.45, 2.75) is 25.9 Å². The topological polar surface area (TPSA) is 78.1 Å². The number of nitrogens with zero attached hydrogens (tertiary/aromatic N) is 2. The summed E-state index contributed by atoms with van der Waals surface area (Å²) >= 11 is 0. The first-order chi connectivity index (χ1) is 14.1. The molecule has 2 aromatic carbocycles. The van der Waals surface area contributed by atoms with Gasteiger partial charge in [0.25, 0.3) is 5.56 Å². The molecule has 1 saturated heterocycles. The van der Waals surface area contributed by atoms with Crippen molar-refractivity contribution in [2.75, 3.05) is 13.1 Å². The van der Waals surface area contributed by atoms with E-state index in [4.69, 9.17) is 0 Å². The molecule has 1 fully saturated rings. The molecule has 7 heteroatoms. The van der Waals surface area contributed by atoms with Gasteiger partial charge in [-0.15, -0.1) is 0 Å². The van der Waals surface area contributed by atoms with Gasteiger partial charge in [0.2, 0.25) is 5.91 Å². The number of para-hydroxylation sites is 1. The lowest BCUT2D eigenvalue weighted by atomic mass is 9.96. The predicted octanol–water partition coefficient (Wildman–Crippen LogP) is 2.59. The number of halogens is 1. The fraction of sp³-hybridized carbons (Fsp3) is 0.318. The van der Waals surface area contributed by atoms with Crippen molar-refractivity contribution < 1.29 is 9.18 Å². The summed E-state index contributed by atoms with van der Waals surface area (Å²) in [6.07, 6.45) is 1.51. The van der Waals surface area contributed by atoms with Gasteiger partial charge in [0, 0.05) is 12.5 Å². The Hall–Kier alpha value is -3.06. The fourth-order valence-corrected chi connectivity index (χ4v) is 3.71. The molecule has 0 spiro atoms. The number of piperidine rings is 1. The first kappa shape index (κ1) is 19.3. The molecule has 0 atom stereocenters. The molecular formula is C22H23FN4O2. The molecule has 1 amide bonds. The molecule has 3 aromatic rings. The van der Waals surface area contributed by atoms with Gasteiger partial charge in [-0.2, -0.15) is 0 Å². The minimum Gasteiger partial charge on any atom is -0.352 e. The Kier molecular flexibility index (Phi) is 5.67. The summed E-state index contributed by atoms with van der Waals surface area (Å²) in [7, 11) is 0. The number of H-pyrrole nitrogens is 1. The number of likely N-dealkylation sites (tertiary alicyclic amines) is 1. The lowest BCUT2D eigenvalue weighted by Crippen LogP contribution is -2.40. The SMILES string of the molecule is O=C(NCc1ccc(F)cc1)C1CCN(Cc2nc3ccccc3c(=O)[nH]2)CC1. The molecule has 0 aliphatic carbocycles. The van der Waals surface area contributed by atoms with Gasteiger partial charge in [-0.25, -0.2) is 9.37 Å². The third kappa shape index (κ3) is 4.68. The second-order valence-electron chi connectivity index (χ2n) is 7.42. The van der Waals surface area contributed by atoms with E-state index in [2.05, 4.69) is 20.2 Å². The molecule has 29 heavy (non-hydrogen) atoms. The lowest BCUT2D eigenvalue weighted by molar-refractivity contribution is -0.126. The largest absolute Gasteiger partial charge is 0.352 e. The maximum Gasteiger partial charge on any atom is 0.258 e. The highest BCUT2D eigenvalue weighted by molar-refractivity contribution is 5.78. The predicted molar refractivity (Wildman–Crippen MR) is 109 cm³/mol. The van der Waals surface area contributed by atoms with Crippen LogP contribution in [0.1, 0.15) is 24.2 Å². The number of amides is 1. The van der Waals surface area contributed by atoms with Gasteiger partial charge in [0.1, 0.15) is 11.6 Å². The highest BCUT2D eigenvalue weighted by Crippen LogP contribution is 2.19. The summed E-state index contributed by atoms with van der Waals surface area (Å²) < 4.78 is 13.0. The molecule has 0 unspecified atom stereocenters. The van der Waals surface area contributed by atoms with Crippen molar-refractivity contribution in [3.63, 3.8) is 0 Å². The Morgan fingerprint density at radius 2 is 1.86 bits per heavy atom. The lowest BCUT2D eigenvalue weighted by Gasteiger charge is -2.30. The second-order valence-corrected chi connectivity index (χ2v) is 7.42. The van der Waals surface area contributed by atoms with Gasteiger partial charge in [-0.3, -0.25) is 14.5 Å². The van der Waals surface area contributed by atoms with Crippen molar-refractivity contribution in [1.29, 1.82) is 0 Å². The zero-order valence-corrected chi connectivity index (χ0v) is 16.0. The number of benzene rings is 2. The molecule has 1 aliphatic rings. The molecule has 150 valence electrons. The van der Waals surface area contributed by atoms with E-state index in [9.17, 15) is 14.0 Å². The monoisotopic (exact) mass is 394 g/mol. The van der Waals surface area contributed by atoms with E-state index in [0.29, 0.717) is 29.8 Å². The van der Waals surface area contributed by atoms with Crippen LogP contribution < -0.4 is 10.9 Å². The van der Waals surface area contributed by atoms with Crippen LogP contribution in [0.15, 0.2) is 53.3 Å². The molecule has 2 N–H and O–H groups in total. The molecule has 1 aliphatic heterocycles. The Bertz CT molecular complexity index is 1060. The fourth-order valence-electron chi connectivity index (χ4n) is 3.71. The minimum absolute atomic E-state index is 0.0321. The van der Waals surface area contributed by atoms with Crippen molar-refractivity contribution in [1.82, 2.24) is 20.2 Å². The Balaban J connectivity index is 1.29. The zero-order valence-electron chi connectivity index (χ0n) is 16.0. The third-order valence-electron chi connectivity index (χ3n) is 5.37. The summed E-state index contributed by atoms with van der Waals surface area (Å²) in [5.41, 5.74) is 1.45. The van der Waals surface area contributed by atoms with E-state index in [1.807, 2.05) is 18.2 Å². The summed E-state index contributed by atoms with van der Waals surface area (Å²) in [5, 5.41) is 3.53. The van der Waals surface area contributed by atoms with E-state index in [-0.39, 0.29) is 23.2 Å². The van der Waals surface area contributed by atoms with E-state index in [1.165, 1.54) is 12.1 Å². The zero-order chi connectivity index (χ0) is 20.2. The summed E-state index contributed by atoms with van der Waals surface area (Å²) in [6.45, 7) is 2.50. The summed E-state index contributed by atoms with van der Waals surface area (Å²) in [5.74, 6) is 0.365. The highest BCUT2D eigenvalue weighted by atomic mass is 19.1. The average molecular weight is 394 g/mol. The highest BCUT2D eigenvalue weighted by Gasteiger charge is 2.25. The number of nitrogens with one attached hydrogen (secondary N) is 2. The average Bonchev–Trinajstić information content (AvgIpc) is 2.74. The Morgan fingerprint density at radius 1 is 1.14 bits per heavy atom. The smallest absolute Gasteiger partial charge is 0.258 e. The van der Waals surface area contributed by atoms with Crippen LogP contribution >= 0.6 is 0 Å². The van der Waals surface area contributed by atoms with Crippen LogP contribution in [0.3, 0.4) is 0 Å². The number of fused-ring (bicyclic) bond motifs is 1. The second kappa shape index (κ2) is 8.53. The quantitative estimate of drug-likeness (QED) is 0.697. The van der Waals surface area contributed by atoms with Crippen LogP contribution in [0.5, 0.6) is 0 Å². The molecule has 0 radical (unpaired) electrons. The van der Waals surface area contributed by atoms with Crippen LogP contribution in [0.25, 0.3) is 10.9 Å². The molecule has 1 aromatic heterocycles. The van der Waals surface area contributed by atoms with Gasteiger partial charge in [0.15, 0.2) is 0 Å². The number of rotatable bonds is 5.